The van der Waals surface area contributed by atoms with Gasteiger partial charge in [0.05, 0.1) is 22.9 Å². The molecular weight excluding hydrogens is 425 g/mol. The van der Waals surface area contributed by atoms with Gasteiger partial charge >= 0.3 is 5.97 Å². The number of pyridine rings is 1. The molecule has 9 heteroatoms. The highest BCUT2D eigenvalue weighted by atomic mass is 19.1. The third kappa shape index (κ3) is 5.90. The predicted molar refractivity (Wildman–Crippen MR) is 121 cm³/mol. The lowest BCUT2D eigenvalue weighted by atomic mass is 10.0. The van der Waals surface area contributed by atoms with Crippen LogP contribution in [0.5, 0.6) is 0 Å². The van der Waals surface area contributed by atoms with Gasteiger partial charge in [0, 0.05) is 18.7 Å². The first-order valence-electron chi connectivity index (χ1n) is 10.2. The molecule has 33 heavy (non-hydrogen) atoms. The number of nitrogens with two attached hydrogens (primary N) is 1. The standard InChI is InChI=1S/C24H22FN5O3/c25-17-6-3-4-15(12-17)10-11-28-22-19(23(31)30-21(14-27)24(32)33)8-9-20(29-22)18-7-2-1-5-16(18)13-26/h1-9,12,21H,10-11,14,27H2,(H,28,29)(H,30,31)(H,32,33)/t21-/m0/s1. The summed E-state index contributed by atoms with van der Waals surface area (Å²) >= 11 is 0. The van der Waals surface area contributed by atoms with Crippen molar-refractivity contribution in [3.8, 4) is 17.3 Å². The lowest BCUT2D eigenvalue weighted by Gasteiger charge is -2.16. The SMILES string of the molecule is N#Cc1ccccc1-c1ccc(C(=O)N[C@@H](CN)C(=O)O)c(NCCc2cccc(F)c2)n1. The van der Waals surface area contributed by atoms with Crippen molar-refractivity contribution in [3.63, 3.8) is 0 Å². The highest BCUT2D eigenvalue weighted by molar-refractivity contribution is 6.01. The molecule has 3 rings (SSSR count). The third-order valence-electron chi connectivity index (χ3n) is 4.90. The van der Waals surface area contributed by atoms with Crippen molar-refractivity contribution in [3.05, 3.63) is 83.2 Å². The molecule has 1 atom stereocenters. The van der Waals surface area contributed by atoms with E-state index in [1.165, 1.54) is 18.2 Å². The number of rotatable bonds is 9. The van der Waals surface area contributed by atoms with Crippen LogP contribution in [0.4, 0.5) is 10.2 Å². The fourth-order valence-electron chi connectivity index (χ4n) is 3.21. The topological polar surface area (TPSA) is 141 Å². The van der Waals surface area contributed by atoms with Crippen LogP contribution in [0.15, 0.2) is 60.7 Å². The lowest BCUT2D eigenvalue weighted by molar-refractivity contribution is -0.138. The minimum Gasteiger partial charge on any atom is -0.480 e. The smallest absolute Gasteiger partial charge is 0.327 e. The van der Waals surface area contributed by atoms with Gasteiger partial charge in [-0.2, -0.15) is 5.26 Å². The summed E-state index contributed by atoms with van der Waals surface area (Å²) in [5.74, 6) is -2.05. The van der Waals surface area contributed by atoms with E-state index in [2.05, 4.69) is 21.7 Å². The molecule has 5 N–H and O–H groups in total. The fraction of sp³-hybridized carbons (Fsp3) is 0.167. The summed E-state index contributed by atoms with van der Waals surface area (Å²) < 4.78 is 13.4. The normalized spacial score (nSPS) is 11.3. The van der Waals surface area contributed by atoms with Gasteiger partial charge in [-0.3, -0.25) is 4.79 Å². The number of aromatic nitrogens is 1. The average molecular weight is 447 g/mol. The molecule has 0 radical (unpaired) electrons. The first kappa shape index (κ1) is 23.4. The van der Waals surface area contributed by atoms with Gasteiger partial charge < -0.3 is 21.5 Å². The maximum absolute atomic E-state index is 13.4. The van der Waals surface area contributed by atoms with Crippen LogP contribution >= 0.6 is 0 Å². The minimum atomic E-state index is -1.25. The Morgan fingerprint density at radius 3 is 2.64 bits per heavy atom. The Kier molecular flexibility index (Phi) is 7.68. The number of carbonyl (C=O) groups is 2. The van der Waals surface area contributed by atoms with E-state index in [1.54, 1.807) is 42.5 Å². The number of amides is 1. The number of halogens is 1. The molecule has 0 aliphatic rings. The Morgan fingerprint density at radius 1 is 1.15 bits per heavy atom. The predicted octanol–water partition coefficient (Wildman–Crippen LogP) is 2.56. The van der Waals surface area contributed by atoms with Crippen molar-refractivity contribution >= 4 is 17.7 Å². The molecule has 0 saturated heterocycles. The number of anilines is 1. The molecule has 1 amide bonds. The van der Waals surface area contributed by atoms with Crippen molar-refractivity contribution in [2.45, 2.75) is 12.5 Å². The van der Waals surface area contributed by atoms with Gasteiger partial charge in [0.25, 0.3) is 5.91 Å². The van der Waals surface area contributed by atoms with Gasteiger partial charge in [-0.15, -0.1) is 0 Å². The van der Waals surface area contributed by atoms with Crippen molar-refractivity contribution < 1.29 is 19.1 Å². The average Bonchev–Trinajstić information content (AvgIpc) is 2.82. The van der Waals surface area contributed by atoms with Gasteiger partial charge in [0.1, 0.15) is 17.7 Å². The van der Waals surface area contributed by atoms with E-state index in [-0.39, 0.29) is 23.7 Å². The number of benzene rings is 2. The van der Waals surface area contributed by atoms with Crippen LogP contribution in [0.1, 0.15) is 21.5 Å². The van der Waals surface area contributed by atoms with Gasteiger partial charge in [-0.1, -0.05) is 30.3 Å². The molecule has 2 aromatic carbocycles. The highest BCUT2D eigenvalue weighted by Crippen LogP contribution is 2.25. The molecule has 0 unspecified atom stereocenters. The number of nitriles is 1. The summed E-state index contributed by atoms with van der Waals surface area (Å²) in [4.78, 5) is 28.6. The Morgan fingerprint density at radius 2 is 1.94 bits per heavy atom. The van der Waals surface area contributed by atoms with E-state index in [9.17, 15) is 24.3 Å². The monoisotopic (exact) mass is 447 g/mol. The molecule has 168 valence electrons. The molecular formula is C24H22FN5O3. The molecule has 0 fully saturated rings. The van der Waals surface area contributed by atoms with Gasteiger partial charge in [0.2, 0.25) is 0 Å². The molecule has 1 aromatic heterocycles. The van der Waals surface area contributed by atoms with E-state index in [0.29, 0.717) is 29.8 Å². The minimum absolute atomic E-state index is 0.118. The summed E-state index contributed by atoms with van der Waals surface area (Å²) in [6.07, 6.45) is 0.458. The van der Waals surface area contributed by atoms with Crippen molar-refractivity contribution in [1.82, 2.24) is 10.3 Å². The van der Waals surface area contributed by atoms with Crippen LogP contribution in [0, 0.1) is 17.1 Å². The molecule has 0 bridgehead atoms. The zero-order valence-corrected chi connectivity index (χ0v) is 17.6. The van der Waals surface area contributed by atoms with E-state index in [1.807, 2.05) is 0 Å². The Bertz CT molecular complexity index is 1210. The number of hydrogen-bond donors (Lipinski definition) is 4. The summed E-state index contributed by atoms with van der Waals surface area (Å²) in [5.41, 5.74) is 7.79. The maximum atomic E-state index is 13.4. The Balaban J connectivity index is 1.91. The quantitative estimate of drug-likeness (QED) is 0.395. The molecule has 0 saturated carbocycles. The van der Waals surface area contributed by atoms with Crippen molar-refractivity contribution in [2.24, 2.45) is 5.73 Å². The third-order valence-corrected chi connectivity index (χ3v) is 4.90. The van der Waals surface area contributed by atoms with Crippen LogP contribution < -0.4 is 16.4 Å². The number of nitrogens with one attached hydrogen (secondary N) is 2. The second-order valence-corrected chi connectivity index (χ2v) is 7.16. The van der Waals surface area contributed by atoms with E-state index in [0.717, 1.165) is 5.56 Å². The van der Waals surface area contributed by atoms with Crippen molar-refractivity contribution in [1.29, 1.82) is 5.26 Å². The molecule has 0 aliphatic carbocycles. The lowest BCUT2D eigenvalue weighted by Crippen LogP contribution is -2.45. The molecule has 3 aromatic rings. The van der Waals surface area contributed by atoms with Gasteiger partial charge in [-0.25, -0.2) is 14.2 Å². The second kappa shape index (κ2) is 10.8. The fourth-order valence-corrected chi connectivity index (χ4v) is 3.21. The zero-order valence-electron chi connectivity index (χ0n) is 17.6. The maximum Gasteiger partial charge on any atom is 0.327 e. The summed E-state index contributed by atoms with van der Waals surface area (Å²) in [7, 11) is 0. The number of nitrogens with zero attached hydrogens (tertiary/aromatic N) is 2. The Labute approximate surface area is 189 Å². The molecule has 1 heterocycles. The molecule has 0 aliphatic heterocycles. The summed E-state index contributed by atoms with van der Waals surface area (Å²) in [5, 5.41) is 24.0. The molecule has 8 nitrogen and oxygen atoms in total. The van der Waals surface area contributed by atoms with E-state index >= 15 is 0 Å². The van der Waals surface area contributed by atoms with Crippen LogP contribution in [0.25, 0.3) is 11.3 Å². The highest BCUT2D eigenvalue weighted by Gasteiger charge is 2.22. The number of aliphatic carboxylic acids is 1. The molecule has 0 spiro atoms. The Hall–Kier alpha value is -4.29. The second-order valence-electron chi connectivity index (χ2n) is 7.16. The van der Waals surface area contributed by atoms with E-state index in [4.69, 9.17) is 5.73 Å². The van der Waals surface area contributed by atoms with Crippen LogP contribution in [-0.2, 0) is 11.2 Å². The number of carbonyl (C=O) groups excluding carboxylic acids is 1. The summed E-state index contributed by atoms with van der Waals surface area (Å²) in [6.45, 7) is 0.0593. The van der Waals surface area contributed by atoms with Crippen LogP contribution in [0.2, 0.25) is 0 Å². The van der Waals surface area contributed by atoms with Crippen LogP contribution in [-0.4, -0.2) is 41.1 Å². The van der Waals surface area contributed by atoms with Crippen molar-refractivity contribution in [2.75, 3.05) is 18.4 Å². The number of carboxylic acids is 1. The summed E-state index contributed by atoms with van der Waals surface area (Å²) in [6, 6.07) is 17.0. The van der Waals surface area contributed by atoms with Crippen LogP contribution in [0.3, 0.4) is 0 Å². The number of carboxylic acid groups (broad SMARTS) is 1. The zero-order chi connectivity index (χ0) is 23.8. The van der Waals surface area contributed by atoms with Gasteiger partial charge in [0.15, 0.2) is 0 Å². The first-order chi connectivity index (χ1) is 15.9. The first-order valence-corrected chi connectivity index (χ1v) is 10.2. The largest absolute Gasteiger partial charge is 0.480 e. The van der Waals surface area contributed by atoms with Gasteiger partial charge in [-0.05, 0) is 42.3 Å². The number of hydrogen-bond acceptors (Lipinski definition) is 6. The van der Waals surface area contributed by atoms with E-state index < -0.39 is 17.9 Å².